The summed E-state index contributed by atoms with van der Waals surface area (Å²) in [4.78, 5) is 24.7. The zero-order chi connectivity index (χ0) is 64.9. The molecule has 0 aromatic rings. The monoisotopic (exact) mass is 1270 g/mol. The van der Waals surface area contributed by atoms with Gasteiger partial charge in [0.1, 0.15) is 0 Å². The van der Waals surface area contributed by atoms with Crippen molar-refractivity contribution in [3.63, 3.8) is 0 Å². The highest BCUT2D eigenvalue weighted by Gasteiger charge is 2.18. The Hall–Kier alpha value is -1.66. The molecule has 0 aromatic carbocycles. The summed E-state index contributed by atoms with van der Waals surface area (Å²) in [6.07, 6.45) is 103. The molecule has 3 N–H and O–H groups in total. The van der Waals surface area contributed by atoms with Gasteiger partial charge < -0.3 is 20.3 Å². The van der Waals surface area contributed by atoms with Crippen LogP contribution in [0.4, 0.5) is 0 Å². The van der Waals surface area contributed by atoms with E-state index >= 15 is 0 Å². The van der Waals surface area contributed by atoms with Crippen molar-refractivity contribution < 1.29 is 24.5 Å². The molecule has 2 atom stereocenters. The number of rotatable bonds is 79. The van der Waals surface area contributed by atoms with E-state index in [-0.39, 0.29) is 18.5 Å². The van der Waals surface area contributed by atoms with Crippen LogP contribution in [0.15, 0.2) is 24.3 Å². The predicted octanol–water partition coefficient (Wildman–Crippen LogP) is 27.6. The Morgan fingerprint density at radius 1 is 0.300 bits per heavy atom. The van der Waals surface area contributed by atoms with Crippen molar-refractivity contribution in [1.29, 1.82) is 0 Å². The number of unbranched alkanes of at least 4 members (excludes halogenated alkanes) is 66. The number of carbonyl (C=O) groups is 2. The Morgan fingerprint density at radius 2 is 0.522 bits per heavy atom. The number of aliphatic hydroxyl groups is 2. The minimum atomic E-state index is -0.841. The molecule has 0 aliphatic rings. The Morgan fingerprint density at radius 3 is 0.789 bits per heavy atom. The lowest BCUT2D eigenvalue weighted by Gasteiger charge is -2.20. The van der Waals surface area contributed by atoms with Crippen LogP contribution in [-0.2, 0) is 14.3 Å². The van der Waals surface area contributed by atoms with Gasteiger partial charge in [-0.25, -0.2) is 0 Å². The predicted molar refractivity (Wildman–Crippen MR) is 398 cm³/mol. The summed E-state index contributed by atoms with van der Waals surface area (Å²) < 4.78 is 5.52. The SMILES string of the molecule is CCCCCCCCC/C=C\CCCCCCCCCC(=O)OCCCCCCCCCCCCCCCCCCCCCCCCCCCCCCCCCCCCCC(=O)NC(CO)C(O)/C=C/CCCCCCCCCCCCCCCCCCCC. The molecule has 0 bridgehead atoms. The normalized spacial score (nSPS) is 12.5. The van der Waals surface area contributed by atoms with Crippen LogP contribution in [0.3, 0.4) is 0 Å². The van der Waals surface area contributed by atoms with Gasteiger partial charge in [0.2, 0.25) is 5.91 Å². The first kappa shape index (κ1) is 88.3. The van der Waals surface area contributed by atoms with Crippen LogP contribution >= 0.6 is 0 Å². The molecule has 0 aromatic heterocycles. The smallest absolute Gasteiger partial charge is 0.305 e. The maximum absolute atomic E-state index is 12.5. The highest BCUT2D eigenvalue weighted by molar-refractivity contribution is 5.76. The second kappa shape index (κ2) is 79.8. The molecule has 90 heavy (non-hydrogen) atoms. The third-order valence-corrected chi connectivity index (χ3v) is 19.7. The summed E-state index contributed by atoms with van der Waals surface area (Å²) in [7, 11) is 0. The molecule has 0 fully saturated rings. The van der Waals surface area contributed by atoms with Crippen molar-refractivity contribution in [3.8, 4) is 0 Å². The molecular weight excluding hydrogens is 1100 g/mol. The van der Waals surface area contributed by atoms with E-state index in [0.717, 1.165) is 38.5 Å². The van der Waals surface area contributed by atoms with Gasteiger partial charge in [0.15, 0.2) is 0 Å². The molecule has 0 spiro atoms. The van der Waals surface area contributed by atoms with Crippen LogP contribution in [0, 0.1) is 0 Å². The fourth-order valence-corrected chi connectivity index (χ4v) is 13.4. The van der Waals surface area contributed by atoms with Crippen LogP contribution in [0.25, 0.3) is 0 Å². The number of amides is 1. The first-order valence-electron chi connectivity index (χ1n) is 41.6. The first-order chi connectivity index (χ1) is 44.5. The summed E-state index contributed by atoms with van der Waals surface area (Å²) in [6, 6.07) is -0.624. The highest BCUT2D eigenvalue weighted by Crippen LogP contribution is 2.20. The third-order valence-electron chi connectivity index (χ3n) is 19.7. The van der Waals surface area contributed by atoms with Gasteiger partial charge in [-0.1, -0.05) is 430 Å². The summed E-state index contributed by atoms with van der Waals surface area (Å²) >= 11 is 0. The van der Waals surface area contributed by atoms with Gasteiger partial charge in [0, 0.05) is 12.8 Å². The summed E-state index contributed by atoms with van der Waals surface area (Å²) in [5, 5.41) is 23.3. The molecule has 0 radical (unpaired) electrons. The molecule has 1 amide bonds. The molecule has 6 heteroatoms. The summed E-state index contributed by atoms with van der Waals surface area (Å²) in [6.45, 7) is 4.96. The number of aliphatic hydroxyl groups excluding tert-OH is 2. The number of allylic oxidation sites excluding steroid dienone is 3. The Labute approximate surface area is 564 Å². The van der Waals surface area contributed by atoms with Crippen molar-refractivity contribution >= 4 is 11.9 Å². The second-order valence-corrected chi connectivity index (χ2v) is 28.8. The summed E-state index contributed by atoms with van der Waals surface area (Å²) in [5.41, 5.74) is 0. The van der Waals surface area contributed by atoms with Gasteiger partial charge in [0.25, 0.3) is 0 Å². The molecule has 0 rings (SSSR count). The van der Waals surface area contributed by atoms with Crippen molar-refractivity contribution in [2.24, 2.45) is 0 Å². The Bertz CT molecular complexity index is 1410. The Balaban J connectivity index is 3.32. The van der Waals surface area contributed by atoms with Crippen LogP contribution in [-0.4, -0.2) is 47.4 Å². The molecule has 0 saturated heterocycles. The minimum Gasteiger partial charge on any atom is -0.466 e. The van der Waals surface area contributed by atoms with Gasteiger partial charge in [-0.15, -0.1) is 0 Å². The lowest BCUT2D eigenvalue weighted by atomic mass is 10.0. The molecule has 6 nitrogen and oxygen atoms in total. The molecule has 0 aliphatic carbocycles. The average molecular weight is 1270 g/mol. The standard InChI is InChI=1S/C84H163NO5/c1-3-5-7-9-11-13-15-17-19-21-23-41-44-48-52-56-60-64-68-72-76-82(87)81(80-86)85-83(88)77-73-69-65-61-57-53-49-45-42-39-37-35-33-31-29-27-25-24-26-28-30-32-34-36-38-40-43-47-51-55-59-63-67-71-75-79-90-84(89)78-74-70-66-62-58-54-50-46-22-20-18-16-14-12-10-8-6-4-2/h20,22,72,76,81-82,86-87H,3-19,21,23-71,73-75,77-80H2,1-2H3,(H,85,88)/b22-20-,76-72+. The minimum absolute atomic E-state index is 0.0206. The van der Waals surface area contributed by atoms with Crippen molar-refractivity contribution in [2.75, 3.05) is 13.2 Å². The van der Waals surface area contributed by atoms with Crippen molar-refractivity contribution in [3.05, 3.63) is 24.3 Å². The summed E-state index contributed by atoms with van der Waals surface area (Å²) in [5.74, 6) is -0.0372. The van der Waals surface area contributed by atoms with Crippen LogP contribution < -0.4 is 5.32 Å². The van der Waals surface area contributed by atoms with Crippen molar-refractivity contribution in [1.82, 2.24) is 5.32 Å². The number of ether oxygens (including phenoxy) is 1. The largest absolute Gasteiger partial charge is 0.466 e. The van der Waals surface area contributed by atoms with E-state index in [9.17, 15) is 19.8 Å². The lowest BCUT2D eigenvalue weighted by Crippen LogP contribution is -2.45. The molecular formula is C84H163NO5. The zero-order valence-electron chi connectivity index (χ0n) is 61.4. The van der Waals surface area contributed by atoms with Crippen molar-refractivity contribution in [2.45, 2.75) is 488 Å². The Kier molecular flexibility index (Phi) is 78.3. The maximum atomic E-state index is 12.5. The quantitative estimate of drug-likeness (QED) is 0.0320. The second-order valence-electron chi connectivity index (χ2n) is 28.8. The van der Waals surface area contributed by atoms with Crippen LogP contribution in [0.2, 0.25) is 0 Å². The molecule has 2 unspecified atom stereocenters. The van der Waals surface area contributed by atoms with Crippen LogP contribution in [0.5, 0.6) is 0 Å². The van der Waals surface area contributed by atoms with Gasteiger partial charge in [0.05, 0.1) is 25.4 Å². The van der Waals surface area contributed by atoms with Gasteiger partial charge in [-0.05, 0) is 57.8 Å². The van der Waals surface area contributed by atoms with Gasteiger partial charge in [-0.3, -0.25) is 9.59 Å². The lowest BCUT2D eigenvalue weighted by molar-refractivity contribution is -0.143. The molecule has 534 valence electrons. The molecule has 0 heterocycles. The van der Waals surface area contributed by atoms with E-state index in [0.29, 0.717) is 19.4 Å². The van der Waals surface area contributed by atoms with E-state index in [1.807, 2.05) is 6.08 Å². The number of esters is 1. The molecule has 0 aliphatic heterocycles. The van der Waals surface area contributed by atoms with Crippen LogP contribution in [0.1, 0.15) is 476 Å². The third kappa shape index (κ3) is 75.4. The number of nitrogens with one attached hydrogen (secondary N) is 1. The number of hydrogen-bond acceptors (Lipinski definition) is 5. The van der Waals surface area contributed by atoms with E-state index in [4.69, 9.17) is 4.74 Å². The number of carbonyl (C=O) groups excluding carboxylic acids is 2. The van der Waals surface area contributed by atoms with Gasteiger partial charge in [-0.2, -0.15) is 0 Å². The maximum Gasteiger partial charge on any atom is 0.305 e. The zero-order valence-corrected chi connectivity index (χ0v) is 61.4. The topological polar surface area (TPSA) is 95.9 Å². The van der Waals surface area contributed by atoms with Gasteiger partial charge >= 0.3 is 5.97 Å². The highest BCUT2D eigenvalue weighted by atomic mass is 16.5. The van der Waals surface area contributed by atoms with E-state index in [1.165, 1.54) is 411 Å². The fourth-order valence-electron chi connectivity index (χ4n) is 13.4. The fraction of sp³-hybridized carbons (Fsp3) is 0.929. The first-order valence-corrected chi connectivity index (χ1v) is 41.6. The van der Waals surface area contributed by atoms with E-state index < -0.39 is 12.1 Å². The average Bonchev–Trinajstić information content (AvgIpc) is 3.71. The van der Waals surface area contributed by atoms with E-state index in [1.54, 1.807) is 6.08 Å². The molecule has 0 saturated carbocycles. The number of hydrogen-bond donors (Lipinski definition) is 3. The van der Waals surface area contributed by atoms with E-state index in [2.05, 4.69) is 31.3 Å².